The number of methoxy groups -OCH3 is 1. The highest BCUT2D eigenvalue weighted by atomic mass is 35.5. The highest BCUT2D eigenvalue weighted by Crippen LogP contribution is 2.29. The molecule has 0 spiro atoms. The van der Waals surface area contributed by atoms with E-state index >= 15 is 0 Å². The van der Waals surface area contributed by atoms with Gasteiger partial charge in [-0.2, -0.15) is 0 Å². The molecule has 0 unspecified atom stereocenters. The molecule has 1 heterocycles. The van der Waals surface area contributed by atoms with Gasteiger partial charge in [0.15, 0.2) is 0 Å². The van der Waals surface area contributed by atoms with Crippen molar-refractivity contribution in [2.45, 2.75) is 13.8 Å². The quantitative estimate of drug-likeness (QED) is 0.733. The van der Waals surface area contributed by atoms with Gasteiger partial charge in [0.25, 0.3) is 11.8 Å². The van der Waals surface area contributed by atoms with Crippen molar-refractivity contribution in [3.63, 3.8) is 0 Å². The average Bonchev–Trinajstić information content (AvgIpc) is 2.86. The number of nitrogens with zero attached hydrogens (tertiary/aromatic N) is 1. The van der Waals surface area contributed by atoms with Crippen molar-refractivity contribution < 1.29 is 19.1 Å². The van der Waals surface area contributed by atoms with Crippen molar-refractivity contribution in [2.24, 2.45) is 5.92 Å². The normalized spacial score (nSPS) is 13.0. The number of urea groups is 1. The molecule has 0 aromatic heterocycles. The van der Waals surface area contributed by atoms with E-state index in [1.165, 1.54) is 18.1 Å². The van der Waals surface area contributed by atoms with Crippen LogP contribution in [0.5, 0.6) is 5.75 Å². The first-order valence-corrected chi connectivity index (χ1v) is 9.09. The van der Waals surface area contributed by atoms with Crippen LogP contribution in [0.25, 0.3) is 0 Å². The van der Waals surface area contributed by atoms with E-state index in [4.69, 9.17) is 16.3 Å². The van der Waals surface area contributed by atoms with E-state index in [9.17, 15) is 14.4 Å². The highest BCUT2D eigenvalue weighted by Gasteiger charge is 2.35. The Morgan fingerprint density at radius 1 is 1.07 bits per heavy atom. The Labute approximate surface area is 167 Å². The van der Waals surface area contributed by atoms with Gasteiger partial charge in [-0.1, -0.05) is 25.4 Å². The Bertz CT molecular complexity index is 958. The Kier molecular flexibility index (Phi) is 5.56. The number of halogens is 1. The van der Waals surface area contributed by atoms with Crippen molar-refractivity contribution in [1.29, 1.82) is 0 Å². The van der Waals surface area contributed by atoms with Gasteiger partial charge in [-0.3, -0.25) is 14.5 Å². The van der Waals surface area contributed by atoms with Gasteiger partial charge in [0.05, 0.1) is 23.9 Å². The number of fused-ring (bicyclic) bond motifs is 1. The first-order chi connectivity index (χ1) is 13.3. The molecule has 146 valence electrons. The number of nitrogens with one attached hydrogen (secondary N) is 2. The van der Waals surface area contributed by atoms with Crippen LogP contribution in [-0.2, 0) is 0 Å². The molecule has 1 aliphatic rings. The van der Waals surface area contributed by atoms with Crippen molar-refractivity contribution in [3.05, 3.63) is 52.5 Å². The Morgan fingerprint density at radius 3 is 2.46 bits per heavy atom. The molecule has 0 bridgehead atoms. The van der Waals surface area contributed by atoms with Crippen LogP contribution in [0.2, 0.25) is 5.02 Å². The number of hydrogen-bond acceptors (Lipinski definition) is 4. The first kappa shape index (κ1) is 19.7. The molecule has 0 radical (unpaired) electrons. The van der Waals surface area contributed by atoms with Crippen molar-refractivity contribution in [2.75, 3.05) is 24.3 Å². The van der Waals surface area contributed by atoms with Crippen LogP contribution < -0.4 is 15.4 Å². The topological polar surface area (TPSA) is 87.7 Å². The van der Waals surface area contributed by atoms with Crippen LogP contribution in [0, 0.1) is 5.92 Å². The van der Waals surface area contributed by atoms with Gasteiger partial charge in [0, 0.05) is 17.3 Å². The minimum atomic E-state index is -0.531. The first-order valence-electron chi connectivity index (χ1n) is 8.72. The fourth-order valence-corrected chi connectivity index (χ4v) is 3.13. The Balaban J connectivity index is 1.76. The highest BCUT2D eigenvalue weighted by molar-refractivity contribution is 6.31. The number of benzene rings is 2. The third-order valence-electron chi connectivity index (χ3n) is 4.19. The standard InChI is InChI=1S/C20H20ClN3O4/c1-11(2)10-24-18(25)14-6-5-13(9-15(14)19(24)26)22-20(27)23-16-8-12(21)4-7-17(16)28-3/h4-9,11H,10H2,1-3H3,(H2,22,23,27). The number of carbonyl (C=O) groups excluding carboxylic acids is 3. The summed E-state index contributed by atoms with van der Waals surface area (Å²) in [5.41, 5.74) is 1.42. The number of hydrogen-bond donors (Lipinski definition) is 2. The van der Waals surface area contributed by atoms with Gasteiger partial charge in [0.2, 0.25) is 0 Å². The summed E-state index contributed by atoms with van der Waals surface area (Å²) in [7, 11) is 1.48. The van der Waals surface area contributed by atoms with E-state index in [2.05, 4.69) is 10.6 Å². The lowest BCUT2D eigenvalue weighted by Crippen LogP contribution is -2.33. The third kappa shape index (κ3) is 3.94. The molecule has 2 aromatic carbocycles. The molecular formula is C20H20ClN3O4. The molecule has 7 nitrogen and oxygen atoms in total. The van der Waals surface area contributed by atoms with Crippen LogP contribution >= 0.6 is 11.6 Å². The number of rotatable bonds is 5. The molecule has 0 fully saturated rings. The van der Waals surface area contributed by atoms with E-state index in [0.29, 0.717) is 34.3 Å². The summed E-state index contributed by atoms with van der Waals surface area (Å²) >= 11 is 5.96. The fourth-order valence-electron chi connectivity index (χ4n) is 2.96. The molecule has 2 aromatic rings. The van der Waals surface area contributed by atoms with E-state index in [0.717, 1.165) is 0 Å². The predicted octanol–water partition coefficient (Wildman–Crippen LogP) is 4.24. The summed E-state index contributed by atoms with van der Waals surface area (Å²) in [6.45, 7) is 4.22. The molecule has 2 N–H and O–H groups in total. The minimum absolute atomic E-state index is 0.165. The molecule has 8 heteroatoms. The minimum Gasteiger partial charge on any atom is -0.495 e. The van der Waals surface area contributed by atoms with Crippen molar-refractivity contribution in [3.8, 4) is 5.75 Å². The van der Waals surface area contributed by atoms with E-state index in [1.807, 2.05) is 13.8 Å². The summed E-state index contributed by atoms with van der Waals surface area (Å²) in [6.07, 6.45) is 0. The summed E-state index contributed by atoms with van der Waals surface area (Å²) < 4.78 is 5.19. The van der Waals surface area contributed by atoms with Gasteiger partial charge in [-0.15, -0.1) is 0 Å². The lowest BCUT2D eigenvalue weighted by Gasteiger charge is -2.15. The maximum Gasteiger partial charge on any atom is 0.323 e. The Morgan fingerprint density at radius 2 is 1.79 bits per heavy atom. The predicted molar refractivity (Wildman–Crippen MR) is 107 cm³/mol. The van der Waals surface area contributed by atoms with Gasteiger partial charge < -0.3 is 15.4 Å². The zero-order valence-electron chi connectivity index (χ0n) is 15.7. The molecular weight excluding hydrogens is 382 g/mol. The second kappa shape index (κ2) is 7.90. The van der Waals surface area contributed by atoms with Crippen molar-refractivity contribution in [1.82, 2.24) is 4.90 Å². The van der Waals surface area contributed by atoms with Crippen LogP contribution in [0.4, 0.5) is 16.2 Å². The van der Waals surface area contributed by atoms with Crippen LogP contribution in [0.3, 0.4) is 0 Å². The maximum atomic E-state index is 12.5. The van der Waals surface area contributed by atoms with Crippen LogP contribution in [-0.4, -0.2) is 36.4 Å². The molecule has 0 atom stereocenters. The number of amides is 4. The third-order valence-corrected chi connectivity index (χ3v) is 4.42. The smallest absolute Gasteiger partial charge is 0.323 e. The molecule has 4 amide bonds. The number of anilines is 2. The second-order valence-electron chi connectivity index (χ2n) is 6.80. The summed E-state index contributed by atoms with van der Waals surface area (Å²) in [5.74, 6) is -0.0421. The van der Waals surface area contributed by atoms with Crippen LogP contribution in [0.15, 0.2) is 36.4 Å². The monoisotopic (exact) mass is 401 g/mol. The summed E-state index contributed by atoms with van der Waals surface area (Å²) in [6, 6.07) is 8.95. The molecule has 3 rings (SSSR count). The zero-order valence-corrected chi connectivity index (χ0v) is 16.5. The largest absolute Gasteiger partial charge is 0.495 e. The van der Waals surface area contributed by atoms with Crippen molar-refractivity contribution >= 4 is 40.8 Å². The summed E-state index contributed by atoms with van der Waals surface area (Å²) in [4.78, 5) is 38.5. The van der Waals surface area contributed by atoms with E-state index < -0.39 is 6.03 Å². The van der Waals surface area contributed by atoms with Gasteiger partial charge in [-0.25, -0.2) is 4.79 Å². The number of ether oxygens (including phenoxy) is 1. The molecule has 1 aliphatic heterocycles. The number of imide groups is 1. The zero-order chi connectivity index (χ0) is 20.4. The molecule has 0 aliphatic carbocycles. The van der Waals surface area contributed by atoms with Crippen LogP contribution in [0.1, 0.15) is 34.6 Å². The Hall–Kier alpha value is -3.06. The molecule has 0 saturated carbocycles. The molecule has 28 heavy (non-hydrogen) atoms. The lowest BCUT2D eigenvalue weighted by atomic mass is 10.1. The van der Waals surface area contributed by atoms with E-state index in [1.54, 1.807) is 30.3 Å². The SMILES string of the molecule is COc1ccc(Cl)cc1NC(=O)Nc1ccc2c(c1)C(=O)N(CC(C)C)C2=O. The lowest BCUT2D eigenvalue weighted by molar-refractivity contribution is 0.0636. The average molecular weight is 402 g/mol. The summed E-state index contributed by atoms with van der Waals surface area (Å²) in [5, 5.41) is 5.75. The second-order valence-corrected chi connectivity index (χ2v) is 7.24. The maximum absolute atomic E-state index is 12.5. The van der Waals surface area contributed by atoms with Gasteiger partial charge in [0.1, 0.15) is 5.75 Å². The number of carbonyl (C=O) groups is 3. The van der Waals surface area contributed by atoms with Gasteiger partial charge in [-0.05, 0) is 42.3 Å². The van der Waals surface area contributed by atoms with E-state index in [-0.39, 0.29) is 23.3 Å². The van der Waals surface area contributed by atoms with Gasteiger partial charge >= 0.3 is 6.03 Å². The fraction of sp³-hybridized carbons (Fsp3) is 0.250. The molecule has 0 saturated heterocycles.